The Morgan fingerprint density at radius 2 is 1.37 bits per heavy atom. The zero-order valence-electron chi connectivity index (χ0n) is 18.4. The van der Waals surface area contributed by atoms with E-state index in [-0.39, 0.29) is 0 Å². The Morgan fingerprint density at radius 3 is 1.89 bits per heavy atom. The van der Waals surface area contributed by atoms with Gasteiger partial charge < -0.3 is 0 Å². The second kappa shape index (κ2) is 13.8. The van der Waals surface area contributed by atoms with Gasteiger partial charge >= 0.3 is 0 Å². The summed E-state index contributed by atoms with van der Waals surface area (Å²) in [5.41, 5.74) is 3.07. The smallest absolute Gasteiger partial charge is 0.0656 e. The molecule has 0 heterocycles. The third-order valence-corrected chi connectivity index (χ3v) is 7.99. The van der Waals surface area contributed by atoms with Gasteiger partial charge in [-0.1, -0.05) is 102 Å². The zero-order chi connectivity index (χ0) is 20.1. The van der Waals surface area contributed by atoms with Crippen LogP contribution in [0.4, 0.5) is 0 Å². The Hall–Kier alpha value is -0.353. The van der Waals surface area contributed by atoms with E-state index in [4.69, 9.17) is 0 Å². The number of unbranched alkanes of at least 4 members (excludes halogenated alkanes) is 6. The van der Waals surface area contributed by atoms with Crippen molar-refractivity contribution in [2.24, 2.45) is 0 Å². The van der Waals surface area contributed by atoms with Crippen LogP contribution in [0.25, 0.3) is 5.20 Å². The Morgan fingerprint density at radius 1 is 0.815 bits per heavy atom. The lowest BCUT2D eigenvalue weighted by molar-refractivity contribution is 0.666. The first kappa shape index (κ1) is 24.7. The van der Waals surface area contributed by atoms with Crippen molar-refractivity contribution in [2.45, 2.75) is 97.7 Å². The molecule has 0 aromatic heterocycles. The van der Waals surface area contributed by atoms with Gasteiger partial charge in [0.05, 0.1) is 8.07 Å². The average molecular weight is 497 g/mol. The van der Waals surface area contributed by atoms with Crippen molar-refractivity contribution in [1.29, 1.82) is 0 Å². The predicted molar refractivity (Wildman–Crippen MR) is 136 cm³/mol. The molecular weight excluding hydrogens is 455 g/mol. The van der Waals surface area contributed by atoms with Crippen molar-refractivity contribution >= 4 is 35.9 Å². The van der Waals surface area contributed by atoms with Gasteiger partial charge in [-0.3, -0.25) is 0 Å². The fourth-order valence-corrected chi connectivity index (χ4v) is 6.65. The van der Waals surface area contributed by atoms with Crippen LogP contribution in [-0.4, -0.2) is 8.07 Å². The molecule has 27 heavy (non-hydrogen) atoms. The minimum absolute atomic E-state index is 1.23. The van der Waals surface area contributed by atoms with Gasteiger partial charge in [0.2, 0.25) is 0 Å². The lowest BCUT2D eigenvalue weighted by atomic mass is 10.0. The summed E-state index contributed by atoms with van der Waals surface area (Å²) in [6.45, 7) is 12.1. The van der Waals surface area contributed by atoms with Crippen LogP contribution < -0.4 is 0 Å². The van der Waals surface area contributed by atoms with E-state index in [1.54, 1.807) is 14.3 Å². The first-order chi connectivity index (χ1) is 12.9. The fraction of sp³-hybridized carbons (Fsp3) is 0.600. The molecule has 0 saturated carbocycles. The molecule has 1 aromatic rings. The van der Waals surface area contributed by atoms with Gasteiger partial charge in [-0.25, -0.2) is 0 Å². The van der Waals surface area contributed by atoms with Crippen LogP contribution in [0.2, 0.25) is 19.6 Å². The molecule has 1 aromatic carbocycles. The number of benzene rings is 1. The number of allylic oxidation sites excluding steroid dienone is 3. The van der Waals surface area contributed by atoms with Gasteiger partial charge in [-0.05, 0) is 74.3 Å². The molecule has 0 saturated heterocycles. The molecule has 0 N–H and O–H groups in total. The summed E-state index contributed by atoms with van der Waals surface area (Å²) in [7, 11) is -1.44. The van der Waals surface area contributed by atoms with Crippen LogP contribution in [0, 0.1) is 0 Å². The minimum Gasteiger partial charge on any atom is -0.0656 e. The quantitative estimate of drug-likeness (QED) is 0.110. The molecule has 0 aliphatic heterocycles. The molecule has 0 fully saturated rings. The second-order valence-electron chi connectivity index (χ2n) is 8.73. The molecule has 0 atom stereocenters. The van der Waals surface area contributed by atoms with Crippen molar-refractivity contribution in [1.82, 2.24) is 0 Å². The van der Waals surface area contributed by atoms with Crippen molar-refractivity contribution in [3.63, 3.8) is 0 Å². The van der Waals surface area contributed by atoms with Gasteiger partial charge in [0, 0.05) is 0 Å². The van der Waals surface area contributed by atoms with Gasteiger partial charge in [0.25, 0.3) is 0 Å². The molecule has 0 radical (unpaired) electrons. The number of halogens is 1. The van der Waals surface area contributed by atoms with Crippen LogP contribution in [-0.2, 0) is 0 Å². The lowest BCUT2D eigenvalue weighted by Crippen LogP contribution is -2.24. The summed E-state index contributed by atoms with van der Waals surface area (Å²) in [6, 6.07) is 11.2. The fourth-order valence-electron chi connectivity index (χ4n) is 3.70. The highest BCUT2D eigenvalue weighted by atomic mass is 127. The third-order valence-electron chi connectivity index (χ3n) is 5.03. The summed E-state index contributed by atoms with van der Waals surface area (Å²) in [4.78, 5) is 0. The van der Waals surface area contributed by atoms with E-state index in [9.17, 15) is 0 Å². The van der Waals surface area contributed by atoms with Crippen LogP contribution >= 0.6 is 22.6 Å². The summed E-state index contributed by atoms with van der Waals surface area (Å²) in [5, 5.41) is 1.67. The third kappa shape index (κ3) is 10.1. The van der Waals surface area contributed by atoms with E-state index in [0.717, 1.165) is 0 Å². The molecule has 152 valence electrons. The van der Waals surface area contributed by atoms with Gasteiger partial charge in [-0.15, -0.1) is 0 Å². The molecule has 0 aliphatic carbocycles. The van der Waals surface area contributed by atoms with Crippen LogP contribution in [0.15, 0.2) is 45.6 Å². The molecule has 1 rings (SSSR count). The molecule has 0 spiro atoms. The van der Waals surface area contributed by atoms with E-state index in [2.05, 4.69) is 92.5 Å². The summed E-state index contributed by atoms with van der Waals surface area (Å²) in [5.74, 6) is 0. The topological polar surface area (TPSA) is 0 Å². The van der Waals surface area contributed by atoms with E-state index in [1.807, 2.05) is 0 Å². The highest BCUT2D eigenvalue weighted by Crippen LogP contribution is 2.34. The number of hydrogen-bond donors (Lipinski definition) is 0. The predicted octanol–water partition coefficient (Wildman–Crippen LogP) is 9.58. The first-order valence-electron chi connectivity index (χ1n) is 11.0. The van der Waals surface area contributed by atoms with Crippen LogP contribution in [0.5, 0.6) is 0 Å². The molecule has 0 nitrogen and oxygen atoms in total. The lowest BCUT2D eigenvalue weighted by Gasteiger charge is -2.25. The molecule has 0 unspecified atom stereocenters. The van der Waals surface area contributed by atoms with E-state index in [0.29, 0.717) is 0 Å². The largest absolute Gasteiger partial charge is 0.0787 e. The van der Waals surface area contributed by atoms with Crippen molar-refractivity contribution in [3.8, 4) is 0 Å². The number of hydrogen-bond acceptors (Lipinski definition) is 0. The second-order valence-corrected chi connectivity index (χ2v) is 15.1. The highest BCUT2D eigenvalue weighted by molar-refractivity contribution is 14.1. The van der Waals surface area contributed by atoms with E-state index < -0.39 is 8.07 Å². The van der Waals surface area contributed by atoms with Crippen molar-refractivity contribution in [2.75, 3.05) is 0 Å². The minimum atomic E-state index is -1.44. The van der Waals surface area contributed by atoms with Crippen molar-refractivity contribution < 1.29 is 0 Å². The first-order valence-corrected chi connectivity index (χ1v) is 15.6. The average Bonchev–Trinajstić information content (AvgIpc) is 2.62. The Balaban J connectivity index is 3.16. The Labute approximate surface area is 184 Å². The monoisotopic (exact) mass is 496 g/mol. The van der Waals surface area contributed by atoms with Crippen LogP contribution in [0.3, 0.4) is 0 Å². The SMILES string of the molecule is CCCCCC/C(I)=C/C(CCCCCC)=C(\c1ccccc1)[Si](C)(C)C. The maximum absolute atomic E-state index is 2.60. The number of rotatable bonds is 13. The summed E-state index contributed by atoms with van der Waals surface area (Å²) in [6.07, 6.45) is 15.8. The molecule has 0 bridgehead atoms. The van der Waals surface area contributed by atoms with Gasteiger partial charge in [0.15, 0.2) is 0 Å². The van der Waals surface area contributed by atoms with E-state index >= 15 is 0 Å². The molecule has 2 heteroatoms. The summed E-state index contributed by atoms with van der Waals surface area (Å²) >= 11 is 2.60. The van der Waals surface area contributed by atoms with Gasteiger partial charge in [0.1, 0.15) is 0 Å². The Kier molecular flexibility index (Phi) is 12.6. The normalized spacial score (nSPS) is 13.6. The van der Waals surface area contributed by atoms with Crippen LogP contribution in [0.1, 0.15) is 83.6 Å². The molecular formula is C25H41ISi. The van der Waals surface area contributed by atoms with Gasteiger partial charge in [-0.2, -0.15) is 0 Å². The highest BCUT2D eigenvalue weighted by Gasteiger charge is 2.24. The van der Waals surface area contributed by atoms with Crippen molar-refractivity contribution in [3.05, 3.63) is 51.1 Å². The van der Waals surface area contributed by atoms with E-state index in [1.165, 1.54) is 69.8 Å². The molecule has 0 aliphatic rings. The molecule has 0 amide bonds. The maximum Gasteiger partial charge on any atom is 0.0787 e. The zero-order valence-corrected chi connectivity index (χ0v) is 21.6. The Bertz CT molecular complexity index is 578. The standard InChI is InChI=1S/C25H41ISi/c1-6-8-10-13-19-23(21-24(26)20-16-11-9-7-2)25(27(3,4)5)22-17-14-12-15-18-22/h12,14-15,17-18,21H,6-11,13,16,19-20H2,1-5H3/b24-21-,25-23+. The summed E-state index contributed by atoms with van der Waals surface area (Å²) < 4.78 is 1.54. The maximum atomic E-state index is 2.60.